The van der Waals surface area contributed by atoms with Crippen molar-refractivity contribution in [3.8, 4) is 10.6 Å². The first-order valence-electron chi connectivity index (χ1n) is 7.40. The summed E-state index contributed by atoms with van der Waals surface area (Å²) >= 11 is 1.56. The first-order valence-corrected chi connectivity index (χ1v) is 8.28. The van der Waals surface area contributed by atoms with E-state index in [4.69, 9.17) is 4.52 Å². The molecule has 8 heteroatoms. The SMILES string of the molecule is OC(C1CCN(Cc2cc(-c3cccs3)on2)CC1)C(F)(F)F. The number of piperidine rings is 1. The third-order valence-corrected chi connectivity index (χ3v) is 5.01. The second-order valence-corrected chi connectivity index (χ2v) is 6.71. The number of hydrogen-bond donors (Lipinski definition) is 1. The van der Waals surface area contributed by atoms with Crippen molar-refractivity contribution in [2.75, 3.05) is 13.1 Å². The molecule has 23 heavy (non-hydrogen) atoms. The van der Waals surface area contributed by atoms with Gasteiger partial charge < -0.3 is 9.63 Å². The average molecular weight is 346 g/mol. The minimum absolute atomic E-state index is 0.330. The van der Waals surface area contributed by atoms with Gasteiger partial charge in [-0.05, 0) is 43.3 Å². The molecule has 0 aromatic carbocycles. The second kappa shape index (κ2) is 6.62. The number of aromatic nitrogens is 1. The Labute approximate surface area is 135 Å². The van der Waals surface area contributed by atoms with Crippen molar-refractivity contribution < 1.29 is 22.8 Å². The van der Waals surface area contributed by atoms with Crippen molar-refractivity contribution in [1.82, 2.24) is 10.1 Å². The topological polar surface area (TPSA) is 49.5 Å². The molecule has 0 spiro atoms. The summed E-state index contributed by atoms with van der Waals surface area (Å²) in [7, 11) is 0. The molecule has 3 rings (SSSR count). The van der Waals surface area contributed by atoms with E-state index >= 15 is 0 Å². The summed E-state index contributed by atoms with van der Waals surface area (Å²) in [6, 6.07) is 5.74. The van der Waals surface area contributed by atoms with E-state index < -0.39 is 18.2 Å². The molecule has 1 saturated heterocycles. The zero-order valence-electron chi connectivity index (χ0n) is 12.3. The molecule has 1 atom stereocenters. The van der Waals surface area contributed by atoms with Gasteiger partial charge >= 0.3 is 6.18 Å². The fourth-order valence-electron chi connectivity index (χ4n) is 2.84. The van der Waals surface area contributed by atoms with Gasteiger partial charge in [0.1, 0.15) is 0 Å². The Morgan fingerprint density at radius 2 is 2.13 bits per heavy atom. The average Bonchev–Trinajstić information content (AvgIpc) is 3.17. The molecule has 0 amide bonds. The number of aliphatic hydroxyl groups is 1. The van der Waals surface area contributed by atoms with Crippen LogP contribution in [0, 0.1) is 5.92 Å². The highest BCUT2D eigenvalue weighted by Crippen LogP contribution is 2.32. The number of nitrogens with zero attached hydrogens (tertiary/aromatic N) is 2. The summed E-state index contributed by atoms with van der Waals surface area (Å²) in [6.07, 6.45) is -6.09. The molecule has 1 N–H and O–H groups in total. The summed E-state index contributed by atoms with van der Waals surface area (Å²) in [5, 5.41) is 15.3. The molecule has 0 aliphatic carbocycles. The van der Waals surface area contributed by atoms with Gasteiger partial charge in [-0.3, -0.25) is 4.90 Å². The van der Waals surface area contributed by atoms with E-state index in [9.17, 15) is 18.3 Å². The zero-order valence-corrected chi connectivity index (χ0v) is 13.1. The predicted octanol–water partition coefficient (Wildman–Crippen LogP) is 3.54. The highest BCUT2D eigenvalue weighted by atomic mass is 32.1. The van der Waals surface area contributed by atoms with Crippen LogP contribution in [0.1, 0.15) is 18.5 Å². The highest BCUT2D eigenvalue weighted by molar-refractivity contribution is 7.13. The number of hydrogen-bond acceptors (Lipinski definition) is 5. The minimum atomic E-state index is -4.53. The van der Waals surface area contributed by atoms with Gasteiger partial charge in [0.15, 0.2) is 11.9 Å². The van der Waals surface area contributed by atoms with Gasteiger partial charge in [-0.2, -0.15) is 13.2 Å². The van der Waals surface area contributed by atoms with Crippen molar-refractivity contribution in [2.24, 2.45) is 5.92 Å². The Kier molecular flexibility index (Phi) is 4.74. The van der Waals surface area contributed by atoms with E-state index in [-0.39, 0.29) is 0 Å². The maximum absolute atomic E-state index is 12.5. The number of alkyl halides is 3. The normalized spacial score (nSPS) is 19.1. The van der Waals surface area contributed by atoms with Crippen LogP contribution in [0.5, 0.6) is 0 Å². The number of aliphatic hydroxyl groups excluding tert-OH is 1. The van der Waals surface area contributed by atoms with Crippen LogP contribution < -0.4 is 0 Å². The molecule has 2 aromatic rings. The summed E-state index contributed by atoms with van der Waals surface area (Å²) in [4.78, 5) is 3.03. The largest absolute Gasteiger partial charge is 0.414 e. The van der Waals surface area contributed by atoms with Gasteiger partial charge in [0.2, 0.25) is 0 Å². The van der Waals surface area contributed by atoms with Gasteiger partial charge in [0.25, 0.3) is 0 Å². The quantitative estimate of drug-likeness (QED) is 0.920. The fraction of sp³-hybridized carbons (Fsp3) is 0.533. The smallest absolute Gasteiger partial charge is 0.383 e. The lowest BCUT2D eigenvalue weighted by Crippen LogP contribution is -2.43. The minimum Gasteiger partial charge on any atom is -0.383 e. The van der Waals surface area contributed by atoms with Crippen LogP contribution in [-0.4, -0.2) is 40.5 Å². The van der Waals surface area contributed by atoms with Crippen LogP contribution in [0.2, 0.25) is 0 Å². The second-order valence-electron chi connectivity index (χ2n) is 5.76. The van der Waals surface area contributed by atoms with Crippen LogP contribution >= 0.6 is 11.3 Å². The molecule has 0 bridgehead atoms. The fourth-order valence-corrected chi connectivity index (χ4v) is 3.52. The summed E-state index contributed by atoms with van der Waals surface area (Å²) in [6.45, 7) is 1.57. The Bertz CT molecular complexity index is 619. The Morgan fingerprint density at radius 3 is 2.74 bits per heavy atom. The van der Waals surface area contributed by atoms with Crippen molar-refractivity contribution >= 4 is 11.3 Å². The molecule has 1 unspecified atom stereocenters. The summed E-state index contributed by atoms with van der Waals surface area (Å²) in [5.74, 6) is -0.0115. The lowest BCUT2D eigenvalue weighted by molar-refractivity contribution is -0.223. The summed E-state index contributed by atoms with van der Waals surface area (Å²) in [5.41, 5.74) is 0.767. The van der Waals surface area contributed by atoms with Gasteiger partial charge in [0, 0.05) is 12.6 Å². The van der Waals surface area contributed by atoms with Crippen molar-refractivity contribution in [3.63, 3.8) is 0 Å². The molecule has 1 aliphatic heterocycles. The third kappa shape index (κ3) is 3.94. The van der Waals surface area contributed by atoms with Crippen LogP contribution in [0.25, 0.3) is 10.6 Å². The van der Waals surface area contributed by atoms with E-state index in [1.165, 1.54) is 0 Å². The van der Waals surface area contributed by atoms with Gasteiger partial charge in [-0.15, -0.1) is 11.3 Å². The van der Waals surface area contributed by atoms with E-state index in [2.05, 4.69) is 5.16 Å². The van der Waals surface area contributed by atoms with Crippen molar-refractivity contribution in [2.45, 2.75) is 31.7 Å². The summed E-state index contributed by atoms with van der Waals surface area (Å²) < 4.78 is 42.9. The molecule has 1 fully saturated rings. The van der Waals surface area contributed by atoms with Crippen LogP contribution in [-0.2, 0) is 6.54 Å². The first kappa shape index (κ1) is 16.5. The molecule has 3 heterocycles. The van der Waals surface area contributed by atoms with Crippen LogP contribution in [0.3, 0.4) is 0 Å². The van der Waals surface area contributed by atoms with Crippen molar-refractivity contribution in [1.29, 1.82) is 0 Å². The van der Waals surface area contributed by atoms with Gasteiger partial charge in [-0.1, -0.05) is 11.2 Å². The molecule has 0 radical (unpaired) electrons. The first-order chi connectivity index (χ1) is 10.9. The standard InChI is InChI=1S/C15H17F3N2O2S/c16-15(17,18)14(21)10-3-5-20(6-4-10)9-11-8-12(22-19-11)13-2-1-7-23-13/h1-2,7-8,10,14,21H,3-6,9H2. The lowest BCUT2D eigenvalue weighted by atomic mass is 9.91. The molecule has 0 saturated carbocycles. The number of rotatable bonds is 4. The zero-order chi connectivity index (χ0) is 16.4. The number of likely N-dealkylation sites (tertiary alicyclic amines) is 1. The molecule has 2 aromatic heterocycles. The maximum Gasteiger partial charge on any atom is 0.414 e. The van der Waals surface area contributed by atoms with Gasteiger partial charge in [0.05, 0.1) is 10.6 Å². The van der Waals surface area contributed by atoms with E-state index in [0.717, 1.165) is 10.6 Å². The molecular weight excluding hydrogens is 329 g/mol. The lowest BCUT2D eigenvalue weighted by Gasteiger charge is -2.34. The van der Waals surface area contributed by atoms with Crippen LogP contribution in [0.15, 0.2) is 28.1 Å². The highest BCUT2D eigenvalue weighted by Gasteiger charge is 2.44. The maximum atomic E-state index is 12.5. The Hall–Kier alpha value is -1.38. The van der Waals surface area contributed by atoms with E-state index in [0.29, 0.717) is 38.2 Å². The molecular formula is C15H17F3N2O2S. The number of halogens is 3. The van der Waals surface area contributed by atoms with E-state index in [1.807, 2.05) is 28.5 Å². The third-order valence-electron chi connectivity index (χ3n) is 4.12. The Balaban J connectivity index is 1.53. The van der Waals surface area contributed by atoms with Crippen molar-refractivity contribution in [3.05, 3.63) is 29.3 Å². The van der Waals surface area contributed by atoms with Crippen LogP contribution in [0.4, 0.5) is 13.2 Å². The Morgan fingerprint density at radius 1 is 1.39 bits per heavy atom. The monoisotopic (exact) mass is 346 g/mol. The number of thiophene rings is 1. The van der Waals surface area contributed by atoms with Gasteiger partial charge in [-0.25, -0.2) is 0 Å². The molecule has 4 nitrogen and oxygen atoms in total. The molecule has 126 valence electrons. The van der Waals surface area contributed by atoms with E-state index in [1.54, 1.807) is 11.3 Å². The predicted molar refractivity (Wildman–Crippen MR) is 79.9 cm³/mol. The molecule has 1 aliphatic rings.